The van der Waals surface area contributed by atoms with Gasteiger partial charge in [0, 0.05) is 30.9 Å². The summed E-state index contributed by atoms with van der Waals surface area (Å²) in [5.74, 6) is 1.20. The third kappa shape index (κ3) is 5.34. The maximum Gasteiger partial charge on any atom is 0.230 e. The molecule has 1 aliphatic heterocycles. The molecule has 1 N–H and O–H groups in total. The van der Waals surface area contributed by atoms with Gasteiger partial charge < -0.3 is 14.8 Å². The van der Waals surface area contributed by atoms with E-state index in [-0.39, 0.29) is 11.4 Å². The Morgan fingerprint density at radius 3 is 2.57 bits per heavy atom. The summed E-state index contributed by atoms with van der Waals surface area (Å²) in [6, 6.07) is 16.0. The van der Waals surface area contributed by atoms with E-state index in [2.05, 4.69) is 20.9 Å². The molecule has 1 aliphatic carbocycles. The van der Waals surface area contributed by atoms with Crippen LogP contribution in [-0.2, 0) is 9.53 Å². The molecule has 0 radical (unpaired) electrons. The zero-order chi connectivity index (χ0) is 24.1. The monoisotopic (exact) mass is 494 g/mol. The molecule has 0 spiro atoms. The molecule has 0 bridgehead atoms. The molecule has 0 unspecified atom stereocenters. The van der Waals surface area contributed by atoms with Crippen LogP contribution in [0.5, 0.6) is 5.75 Å². The zero-order valence-corrected chi connectivity index (χ0v) is 21.2. The predicted octanol–water partition coefficient (Wildman–Crippen LogP) is 4.28. The Balaban J connectivity index is 1.28. The molecule has 5 rings (SSSR count). The van der Waals surface area contributed by atoms with E-state index in [1.165, 1.54) is 31.0 Å². The van der Waals surface area contributed by atoms with Crippen LogP contribution < -0.4 is 10.1 Å². The van der Waals surface area contributed by atoms with Crippen LogP contribution in [0, 0.1) is 0 Å². The van der Waals surface area contributed by atoms with Crippen molar-refractivity contribution in [2.45, 2.75) is 42.8 Å². The number of nitrogens with zero attached hydrogens (tertiary/aromatic N) is 3. The highest BCUT2D eigenvalue weighted by Crippen LogP contribution is 2.34. The molecule has 1 aromatic heterocycles. The number of fused-ring (bicyclic) bond motifs is 1. The van der Waals surface area contributed by atoms with Crippen LogP contribution in [-0.4, -0.2) is 71.6 Å². The first-order valence-corrected chi connectivity index (χ1v) is 13.5. The molecule has 0 atom stereocenters. The van der Waals surface area contributed by atoms with Crippen LogP contribution in [0.4, 0.5) is 0 Å². The quantitative estimate of drug-likeness (QED) is 0.472. The van der Waals surface area contributed by atoms with E-state index >= 15 is 0 Å². The summed E-state index contributed by atoms with van der Waals surface area (Å²) in [4.78, 5) is 20.4. The minimum absolute atomic E-state index is 0.0570. The number of para-hydroxylation sites is 2. The van der Waals surface area contributed by atoms with Gasteiger partial charge in [0.1, 0.15) is 5.75 Å². The number of morpholine rings is 1. The summed E-state index contributed by atoms with van der Waals surface area (Å²) in [5, 5.41) is 4.09. The Labute approximate surface area is 211 Å². The van der Waals surface area contributed by atoms with Crippen LogP contribution in [0.25, 0.3) is 16.7 Å². The predicted molar refractivity (Wildman–Crippen MR) is 140 cm³/mol. The molecule has 7 nitrogen and oxygen atoms in total. The molecule has 186 valence electrons. The number of carbonyl (C=O) groups is 1. The summed E-state index contributed by atoms with van der Waals surface area (Å²) < 4.78 is 13.0. The van der Waals surface area contributed by atoms with Gasteiger partial charge in [0.25, 0.3) is 0 Å². The first kappa shape index (κ1) is 24.2. The van der Waals surface area contributed by atoms with E-state index in [1.54, 1.807) is 7.11 Å². The van der Waals surface area contributed by atoms with Crippen molar-refractivity contribution in [3.8, 4) is 11.4 Å². The van der Waals surface area contributed by atoms with Crippen LogP contribution in [0.15, 0.2) is 53.7 Å². The molecule has 1 saturated carbocycles. The van der Waals surface area contributed by atoms with Crippen LogP contribution >= 0.6 is 11.8 Å². The number of nitrogens with one attached hydrogen (secondary N) is 1. The van der Waals surface area contributed by atoms with Gasteiger partial charge in [0.15, 0.2) is 5.16 Å². The first-order valence-electron chi connectivity index (χ1n) is 12.5. The standard InChI is InChI=1S/C27H34N4O3S/c1-33-22-11-9-21(10-12-22)31-24-8-4-3-7-23(24)29-26(31)35-19-25(32)28-20-27(13-5-2-6-14-27)30-15-17-34-18-16-30/h3-4,7-12H,2,5-6,13-20H2,1H3,(H,28,32). The number of aromatic nitrogens is 2. The molecule has 2 aliphatic rings. The Morgan fingerprint density at radius 1 is 1.09 bits per heavy atom. The number of amides is 1. The topological polar surface area (TPSA) is 68.6 Å². The van der Waals surface area contributed by atoms with E-state index in [0.717, 1.165) is 66.8 Å². The molecule has 2 aromatic carbocycles. The number of hydrogen-bond acceptors (Lipinski definition) is 6. The highest BCUT2D eigenvalue weighted by atomic mass is 32.2. The Morgan fingerprint density at radius 2 is 1.83 bits per heavy atom. The molecule has 1 amide bonds. The van der Waals surface area contributed by atoms with Crippen molar-refractivity contribution in [2.75, 3.05) is 45.7 Å². The fraction of sp³-hybridized carbons (Fsp3) is 0.481. The lowest BCUT2D eigenvalue weighted by molar-refractivity contribution is -0.119. The molecule has 8 heteroatoms. The van der Waals surface area contributed by atoms with Gasteiger partial charge in [-0.3, -0.25) is 14.3 Å². The molecule has 35 heavy (non-hydrogen) atoms. The number of imidazole rings is 1. The number of thioether (sulfide) groups is 1. The number of ether oxygens (including phenoxy) is 2. The number of carbonyl (C=O) groups excluding carboxylic acids is 1. The van der Waals surface area contributed by atoms with Gasteiger partial charge >= 0.3 is 0 Å². The summed E-state index contributed by atoms with van der Waals surface area (Å²) in [5.41, 5.74) is 3.00. The normalized spacial score (nSPS) is 18.4. The highest BCUT2D eigenvalue weighted by molar-refractivity contribution is 7.99. The SMILES string of the molecule is COc1ccc(-n2c(SCC(=O)NCC3(N4CCOCC4)CCCCC3)nc3ccccc32)cc1. The molecule has 2 fully saturated rings. The number of methoxy groups -OCH3 is 1. The molecule has 3 aromatic rings. The summed E-state index contributed by atoms with van der Waals surface area (Å²) in [7, 11) is 1.66. The fourth-order valence-corrected chi connectivity index (χ4v) is 6.24. The van der Waals surface area contributed by atoms with Gasteiger partial charge in [0.05, 0.1) is 37.1 Å². The molecular formula is C27H34N4O3S. The summed E-state index contributed by atoms with van der Waals surface area (Å²) in [6.07, 6.45) is 6.04. The van der Waals surface area contributed by atoms with Crippen LogP contribution in [0.2, 0.25) is 0 Å². The lowest BCUT2D eigenvalue weighted by atomic mass is 9.79. The lowest BCUT2D eigenvalue weighted by Crippen LogP contribution is -2.59. The van der Waals surface area contributed by atoms with Gasteiger partial charge in [0.2, 0.25) is 5.91 Å². The second-order valence-corrected chi connectivity index (χ2v) is 10.3. The Bertz CT molecular complexity index is 1140. The third-order valence-corrected chi connectivity index (χ3v) is 8.21. The van der Waals surface area contributed by atoms with Crippen molar-refractivity contribution in [3.05, 3.63) is 48.5 Å². The van der Waals surface area contributed by atoms with Gasteiger partial charge in [-0.15, -0.1) is 0 Å². The highest BCUT2D eigenvalue weighted by Gasteiger charge is 2.38. The molecule has 1 saturated heterocycles. The number of rotatable bonds is 8. The average Bonchev–Trinajstić information content (AvgIpc) is 3.30. The van der Waals surface area contributed by atoms with E-state index in [1.807, 2.05) is 42.5 Å². The van der Waals surface area contributed by atoms with Crippen molar-refractivity contribution in [2.24, 2.45) is 0 Å². The van der Waals surface area contributed by atoms with Crippen LogP contribution in [0.3, 0.4) is 0 Å². The summed E-state index contributed by atoms with van der Waals surface area (Å²) in [6.45, 7) is 4.19. The minimum Gasteiger partial charge on any atom is -0.497 e. The van der Waals surface area contributed by atoms with Crippen LogP contribution in [0.1, 0.15) is 32.1 Å². The minimum atomic E-state index is 0.0570. The maximum atomic E-state index is 13.0. The maximum absolute atomic E-state index is 13.0. The third-order valence-electron chi connectivity index (χ3n) is 7.27. The summed E-state index contributed by atoms with van der Waals surface area (Å²) >= 11 is 1.48. The Hall–Kier alpha value is -2.55. The van der Waals surface area contributed by atoms with Crippen molar-refractivity contribution in [1.29, 1.82) is 0 Å². The van der Waals surface area contributed by atoms with E-state index in [0.29, 0.717) is 12.3 Å². The van der Waals surface area contributed by atoms with Crippen molar-refractivity contribution < 1.29 is 14.3 Å². The number of benzene rings is 2. The van der Waals surface area contributed by atoms with Crippen molar-refractivity contribution in [3.63, 3.8) is 0 Å². The van der Waals surface area contributed by atoms with E-state index in [9.17, 15) is 4.79 Å². The largest absolute Gasteiger partial charge is 0.497 e. The molecule has 2 heterocycles. The number of hydrogen-bond donors (Lipinski definition) is 1. The lowest BCUT2D eigenvalue weighted by Gasteiger charge is -2.48. The van der Waals surface area contributed by atoms with Gasteiger partial charge in [-0.1, -0.05) is 43.2 Å². The first-order chi connectivity index (χ1) is 17.2. The van der Waals surface area contributed by atoms with Crippen molar-refractivity contribution in [1.82, 2.24) is 19.8 Å². The average molecular weight is 495 g/mol. The van der Waals surface area contributed by atoms with E-state index < -0.39 is 0 Å². The smallest absolute Gasteiger partial charge is 0.230 e. The van der Waals surface area contributed by atoms with Gasteiger partial charge in [-0.25, -0.2) is 4.98 Å². The fourth-order valence-electron chi connectivity index (χ4n) is 5.38. The zero-order valence-electron chi connectivity index (χ0n) is 20.4. The second kappa shape index (κ2) is 11.0. The van der Waals surface area contributed by atoms with E-state index in [4.69, 9.17) is 14.5 Å². The van der Waals surface area contributed by atoms with Crippen molar-refractivity contribution >= 4 is 28.7 Å². The second-order valence-electron chi connectivity index (χ2n) is 9.37. The Kier molecular flexibility index (Phi) is 7.60. The van der Waals surface area contributed by atoms with Gasteiger partial charge in [-0.2, -0.15) is 0 Å². The van der Waals surface area contributed by atoms with Gasteiger partial charge in [-0.05, 0) is 49.2 Å². The molecular weight excluding hydrogens is 460 g/mol.